The summed E-state index contributed by atoms with van der Waals surface area (Å²) in [6, 6.07) is 13.6. The predicted octanol–water partition coefficient (Wildman–Crippen LogP) is 10.2. The zero-order valence-electron chi connectivity index (χ0n) is 23.0. The van der Waals surface area contributed by atoms with E-state index in [1.54, 1.807) is 48.5 Å². The van der Waals surface area contributed by atoms with E-state index in [1.807, 2.05) is 0 Å². The molecule has 4 aromatic rings. The molecule has 1 aliphatic rings. The lowest BCUT2D eigenvalue weighted by Crippen LogP contribution is -2.49. The first kappa shape index (κ1) is 29.3. The van der Waals surface area contributed by atoms with Crippen molar-refractivity contribution in [3.05, 3.63) is 80.5 Å². The van der Waals surface area contributed by atoms with E-state index >= 15 is 26.3 Å². The number of benzene rings is 2. The number of hydrogen-bond acceptors (Lipinski definition) is 4. The van der Waals surface area contributed by atoms with Gasteiger partial charge in [-0.3, -0.25) is 0 Å². The van der Waals surface area contributed by atoms with E-state index in [0.29, 0.717) is 32.4 Å². The first-order valence-electron chi connectivity index (χ1n) is 12.6. The van der Waals surface area contributed by atoms with Gasteiger partial charge in [-0.1, -0.05) is 0 Å². The molecule has 0 N–H and O–H groups in total. The van der Waals surface area contributed by atoms with Crippen LogP contribution in [0, 0.1) is 27.7 Å². The summed E-state index contributed by atoms with van der Waals surface area (Å²) in [5.74, 6) is -14.7. The number of allylic oxidation sites excluding steroid dienone is 2. The van der Waals surface area contributed by atoms with E-state index in [1.165, 1.54) is 41.9 Å². The maximum atomic E-state index is 15.7. The summed E-state index contributed by atoms with van der Waals surface area (Å²) in [5, 5.41) is 0. The van der Waals surface area contributed by atoms with E-state index in [9.17, 15) is 0 Å². The summed E-state index contributed by atoms with van der Waals surface area (Å²) < 4.78 is 104. The molecule has 0 spiro atoms. The molecule has 0 saturated carbocycles. The average molecular weight is 609 g/mol. The van der Waals surface area contributed by atoms with Crippen LogP contribution in [-0.2, 0) is 0 Å². The molecule has 0 atom stereocenters. The highest BCUT2D eigenvalue weighted by Crippen LogP contribution is 2.67. The average Bonchev–Trinajstić information content (AvgIpc) is 3.43. The lowest BCUT2D eigenvalue weighted by atomic mass is 9.90. The first-order chi connectivity index (χ1) is 19.2. The molecule has 1 aliphatic carbocycles. The summed E-state index contributed by atoms with van der Waals surface area (Å²) in [5.41, 5.74) is -1.43. The Morgan fingerprint density at radius 2 is 0.854 bits per heavy atom. The van der Waals surface area contributed by atoms with Crippen LogP contribution in [0.2, 0.25) is 0 Å². The Morgan fingerprint density at radius 3 is 1.15 bits per heavy atom. The summed E-state index contributed by atoms with van der Waals surface area (Å²) in [7, 11) is 3.00. The van der Waals surface area contributed by atoms with Gasteiger partial charge in [0.05, 0.1) is 14.2 Å². The van der Waals surface area contributed by atoms with Crippen molar-refractivity contribution in [1.29, 1.82) is 0 Å². The van der Waals surface area contributed by atoms with E-state index < -0.39 is 28.9 Å². The Morgan fingerprint density at radius 1 is 0.537 bits per heavy atom. The van der Waals surface area contributed by atoms with Crippen molar-refractivity contribution in [3.63, 3.8) is 0 Å². The molecule has 2 aromatic carbocycles. The lowest BCUT2D eigenvalue weighted by molar-refractivity contribution is -0.254. The number of thiophene rings is 2. The molecule has 2 heterocycles. The molecule has 41 heavy (non-hydrogen) atoms. The minimum absolute atomic E-state index is 0.235. The molecular weight excluding hydrogens is 582 g/mol. The molecule has 5 rings (SSSR count). The second kappa shape index (κ2) is 9.94. The van der Waals surface area contributed by atoms with Gasteiger partial charge < -0.3 is 9.47 Å². The maximum Gasteiger partial charge on any atom is 0.380 e. The molecule has 10 heteroatoms. The van der Waals surface area contributed by atoms with Crippen LogP contribution in [-0.4, -0.2) is 32.0 Å². The van der Waals surface area contributed by atoms with Gasteiger partial charge in [0, 0.05) is 41.8 Å². The zero-order chi connectivity index (χ0) is 30.1. The molecular formula is C31H26F6O2S2. The van der Waals surface area contributed by atoms with E-state index in [0.717, 1.165) is 22.7 Å². The molecule has 0 amide bonds. The van der Waals surface area contributed by atoms with Crippen molar-refractivity contribution < 1.29 is 35.8 Å². The monoisotopic (exact) mass is 608 g/mol. The third-order valence-electron chi connectivity index (χ3n) is 7.52. The Kier molecular flexibility index (Phi) is 7.10. The fourth-order valence-electron chi connectivity index (χ4n) is 5.47. The topological polar surface area (TPSA) is 18.5 Å². The number of alkyl halides is 6. The summed E-state index contributed by atoms with van der Waals surface area (Å²) in [6.45, 7) is 5.99. The number of methoxy groups -OCH3 is 2. The van der Waals surface area contributed by atoms with E-state index in [-0.39, 0.29) is 32.0 Å². The summed E-state index contributed by atoms with van der Waals surface area (Å²) in [4.78, 5) is 1.54. The van der Waals surface area contributed by atoms with Gasteiger partial charge in [0.25, 0.3) is 0 Å². The van der Waals surface area contributed by atoms with Crippen LogP contribution >= 0.6 is 22.7 Å². The van der Waals surface area contributed by atoms with Crippen LogP contribution in [0.15, 0.2) is 48.5 Å². The molecule has 0 fully saturated rings. The Hall–Kier alpha value is -3.24. The summed E-state index contributed by atoms with van der Waals surface area (Å²) in [6.07, 6.45) is 0. The Bertz CT molecular complexity index is 1540. The second-order valence-corrected chi connectivity index (χ2v) is 12.4. The fourth-order valence-corrected chi connectivity index (χ4v) is 7.81. The minimum Gasteiger partial charge on any atom is -0.497 e. The van der Waals surface area contributed by atoms with Crippen molar-refractivity contribution in [1.82, 2.24) is 0 Å². The highest BCUT2D eigenvalue weighted by atomic mass is 32.1. The second-order valence-electron chi connectivity index (χ2n) is 9.90. The SMILES string of the molecule is COc1ccc(-c2sc(C)c(C3=C(c4c(C)sc(-c5ccc(OC)cc5)c4C)C(F)(F)C(F)(F)C3(F)F)c2C)cc1. The first-order valence-corrected chi connectivity index (χ1v) is 14.2. The van der Waals surface area contributed by atoms with Gasteiger partial charge in [0.1, 0.15) is 11.5 Å². The fraction of sp³-hybridized carbons (Fsp3) is 0.290. The number of aryl methyl sites for hydroxylation is 2. The molecule has 0 unspecified atom stereocenters. The normalized spacial score (nSPS) is 17.3. The molecule has 0 radical (unpaired) electrons. The van der Waals surface area contributed by atoms with Crippen LogP contribution in [0.5, 0.6) is 11.5 Å². The molecule has 216 valence electrons. The number of hydrogen-bond donors (Lipinski definition) is 0. The summed E-state index contributed by atoms with van der Waals surface area (Å²) >= 11 is 2.20. The number of halogens is 6. The van der Waals surface area contributed by atoms with Crippen LogP contribution in [0.3, 0.4) is 0 Å². The van der Waals surface area contributed by atoms with Crippen molar-refractivity contribution in [2.24, 2.45) is 0 Å². The number of rotatable bonds is 6. The predicted molar refractivity (Wildman–Crippen MR) is 153 cm³/mol. The Balaban J connectivity index is 1.80. The molecule has 0 aliphatic heterocycles. The highest BCUT2D eigenvalue weighted by molar-refractivity contribution is 7.16. The zero-order valence-corrected chi connectivity index (χ0v) is 24.7. The van der Waals surface area contributed by atoms with Crippen LogP contribution in [0.4, 0.5) is 26.3 Å². The van der Waals surface area contributed by atoms with Crippen molar-refractivity contribution in [2.75, 3.05) is 14.2 Å². The van der Waals surface area contributed by atoms with Gasteiger partial charge in [-0.15, -0.1) is 22.7 Å². The van der Waals surface area contributed by atoms with Gasteiger partial charge in [-0.05, 0) is 98.5 Å². The van der Waals surface area contributed by atoms with Crippen molar-refractivity contribution in [2.45, 2.75) is 45.5 Å². The van der Waals surface area contributed by atoms with Crippen molar-refractivity contribution >= 4 is 33.8 Å². The van der Waals surface area contributed by atoms with Gasteiger partial charge in [-0.25, -0.2) is 0 Å². The molecule has 0 saturated heterocycles. The van der Waals surface area contributed by atoms with Gasteiger partial charge in [0.15, 0.2) is 0 Å². The largest absolute Gasteiger partial charge is 0.497 e. The minimum atomic E-state index is -5.63. The van der Waals surface area contributed by atoms with Crippen LogP contribution < -0.4 is 9.47 Å². The quantitative estimate of drug-likeness (QED) is 0.203. The van der Waals surface area contributed by atoms with Gasteiger partial charge >= 0.3 is 17.8 Å². The standard InChI is InChI=1S/C31H26F6O2S2/c1-15-23(17(3)40-27(15)19-7-11-21(38-5)12-8-19)25-26(30(34,35)31(36,37)29(25,32)33)24-16(2)28(41-18(24)4)20-9-13-22(39-6)14-10-20/h7-14H,1-6H3. The molecule has 2 aromatic heterocycles. The van der Waals surface area contributed by atoms with Gasteiger partial charge in [0.2, 0.25) is 0 Å². The van der Waals surface area contributed by atoms with E-state index in [4.69, 9.17) is 9.47 Å². The van der Waals surface area contributed by atoms with Gasteiger partial charge in [-0.2, -0.15) is 26.3 Å². The lowest BCUT2D eigenvalue weighted by Gasteiger charge is -2.26. The maximum absolute atomic E-state index is 15.7. The van der Waals surface area contributed by atoms with E-state index in [2.05, 4.69) is 0 Å². The van der Waals surface area contributed by atoms with Crippen molar-refractivity contribution in [3.8, 4) is 32.4 Å². The smallest absolute Gasteiger partial charge is 0.380 e. The highest BCUT2D eigenvalue weighted by Gasteiger charge is 2.80. The third kappa shape index (κ3) is 4.21. The van der Waals surface area contributed by atoms with Crippen LogP contribution in [0.1, 0.15) is 32.0 Å². The van der Waals surface area contributed by atoms with Crippen LogP contribution in [0.25, 0.3) is 32.0 Å². The number of ether oxygens (including phenoxy) is 2. The third-order valence-corrected chi connectivity index (χ3v) is 10.0. The molecule has 0 bridgehead atoms. The Labute approximate surface area is 241 Å². The molecule has 2 nitrogen and oxygen atoms in total.